The highest BCUT2D eigenvalue weighted by Gasteiger charge is 2.10. The van der Waals surface area contributed by atoms with E-state index in [4.69, 9.17) is 9.26 Å². The summed E-state index contributed by atoms with van der Waals surface area (Å²) in [6.07, 6.45) is 0.515. The van der Waals surface area contributed by atoms with Crippen LogP contribution in [0.15, 0.2) is 22.7 Å². The summed E-state index contributed by atoms with van der Waals surface area (Å²) in [4.78, 5) is 16.1. The first kappa shape index (κ1) is 16.8. The number of aryl methyl sites for hydroxylation is 1. The molecule has 0 unspecified atom stereocenters. The summed E-state index contributed by atoms with van der Waals surface area (Å²) >= 11 is 0. The predicted octanol–water partition coefficient (Wildman–Crippen LogP) is 2.87. The molecule has 1 aromatic heterocycles. The second kappa shape index (κ2) is 7.62. The number of anilines is 1. The average molecular weight is 318 g/mol. The molecule has 0 saturated heterocycles. The number of urea groups is 1. The third-order valence-corrected chi connectivity index (χ3v) is 3.28. The number of amides is 2. The van der Waals surface area contributed by atoms with Crippen molar-refractivity contribution in [2.24, 2.45) is 0 Å². The number of carbonyl (C=O) groups excluding carboxylic acids is 1. The lowest BCUT2D eigenvalue weighted by molar-refractivity contribution is 0.252. The summed E-state index contributed by atoms with van der Waals surface area (Å²) in [6.45, 7) is 6.34. The second-order valence-corrected chi connectivity index (χ2v) is 5.52. The molecule has 0 aliphatic carbocycles. The van der Waals surface area contributed by atoms with Crippen LogP contribution in [-0.2, 0) is 6.42 Å². The van der Waals surface area contributed by atoms with Crippen LogP contribution in [0.1, 0.15) is 37.0 Å². The van der Waals surface area contributed by atoms with Gasteiger partial charge in [-0.15, -0.1) is 0 Å². The van der Waals surface area contributed by atoms with E-state index in [9.17, 15) is 4.79 Å². The van der Waals surface area contributed by atoms with Crippen LogP contribution in [-0.4, -0.2) is 29.8 Å². The Morgan fingerprint density at radius 1 is 1.39 bits per heavy atom. The predicted molar refractivity (Wildman–Crippen MR) is 86.8 cm³/mol. The molecule has 2 aromatic rings. The van der Waals surface area contributed by atoms with E-state index in [1.54, 1.807) is 13.2 Å². The van der Waals surface area contributed by atoms with Crippen molar-refractivity contribution in [2.75, 3.05) is 19.0 Å². The Balaban J connectivity index is 1.80. The molecule has 0 aliphatic heterocycles. The van der Waals surface area contributed by atoms with Gasteiger partial charge in [-0.3, -0.25) is 0 Å². The number of hydrogen-bond donors (Lipinski definition) is 2. The van der Waals surface area contributed by atoms with Gasteiger partial charge in [0.1, 0.15) is 5.75 Å². The van der Waals surface area contributed by atoms with E-state index in [1.165, 1.54) is 0 Å². The highest BCUT2D eigenvalue weighted by atomic mass is 16.5. The Labute approximate surface area is 135 Å². The largest absolute Gasteiger partial charge is 0.496 e. The van der Waals surface area contributed by atoms with Gasteiger partial charge >= 0.3 is 6.03 Å². The maximum Gasteiger partial charge on any atom is 0.319 e. The van der Waals surface area contributed by atoms with E-state index >= 15 is 0 Å². The van der Waals surface area contributed by atoms with E-state index in [1.807, 2.05) is 32.9 Å². The molecule has 0 fully saturated rings. The van der Waals surface area contributed by atoms with Gasteiger partial charge in [0.25, 0.3) is 0 Å². The Bertz CT molecular complexity index is 667. The normalized spacial score (nSPS) is 10.7. The number of nitrogens with one attached hydrogen (secondary N) is 2. The van der Waals surface area contributed by atoms with Gasteiger partial charge in [0.05, 0.1) is 7.11 Å². The number of nitrogens with zero attached hydrogens (tertiary/aromatic N) is 2. The summed E-state index contributed by atoms with van der Waals surface area (Å²) in [5, 5.41) is 9.39. The Hall–Kier alpha value is -2.57. The lowest BCUT2D eigenvalue weighted by Gasteiger charge is -2.09. The average Bonchev–Trinajstić information content (AvgIpc) is 2.98. The minimum Gasteiger partial charge on any atom is -0.496 e. The monoisotopic (exact) mass is 318 g/mol. The smallest absolute Gasteiger partial charge is 0.319 e. The maximum absolute atomic E-state index is 11.9. The molecule has 0 aliphatic rings. The molecular weight excluding hydrogens is 296 g/mol. The van der Waals surface area contributed by atoms with Crippen LogP contribution in [0.2, 0.25) is 0 Å². The fraction of sp³-hybridized carbons (Fsp3) is 0.438. The Morgan fingerprint density at radius 3 is 2.83 bits per heavy atom. The zero-order chi connectivity index (χ0) is 16.8. The summed E-state index contributed by atoms with van der Waals surface area (Å²) in [6, 6.07) is 5.21. The maximum atomic E-state index is 11.9. The zero-order valence-corrected chi connectivity index (χ0v) is 13.8. The van der Waals surface area contributed by atoms with Crippen LogP contribution in [0.3, 0.4) is 0 Å². The van der Waals surface area contributed by atoms with Crippen molar-refractivity contribution >= 4 is 11.7 Å². The highest BCUT2D eigenvalue weighted by molar-refractivity contribution is 5.89. The van der Waals surface area contributed by atoms with E-state index in [-0.39, 0.29) is 11.9 Å². The van der Waals surface area contributed by atoms with Gasteiger partial charge in [0.15, 0.2) is 5.82 Å². The van der Waals surface area contributed by atoms with E-state index in [0.717, 1.165) is 11.3 Å². The van der Waals surface area contributed by atoms with E-state index < -0.39 is 0 Å². The fourth-order valence-electron chi connectivity index (χ4n) is 1.96. The summed E-state index contributed by atoms with van der Waals surface area (Å²) in [7, 11) is 1.60. The van der Waals surface area contributed by atoms with Crippen molar-refractivity contribution in [3.63, 3.8) is 0 Å². The number of carbonyl (C=O) groups is 1. The molecule has 124 valence electrons. The minimum absolute atomic E-state index is 0.198. The second-order valence-electron chi connectivity index (χ2n) is 5.52. The van der Waals surface area contributed by atoms with Gasteiger partial charge in [-0.25, -0.2) is 4.79 Å². The van der Waals surface area contributed by atoms with Gasteiger partial charge in [-0.05, 0) is 18.6 Å². The lowest BCUT2D eigenvalue weighted by Crippen LogP contribution is -2.30. The molecule has 0 spiro atoms. The van der Waals surface area contributed by atoms with Crippen LogP contribution >= 0.6 is 0 Å². The molecule has 0 radical (unpaired) electrons. The number of ether oxygens (including phenoxy) is 1. The topological polar surface area (TPSA) is 89.3 Å². The summed E-state index contributed by atoms with van der Waals surface area (Å²) in [5.41, 5.74) is 1.68. The van der Waals surface area contributed by atoms with Crippen molar-refractivity contribution < 1.29 is 14.1 Å². The third-order valence-electron chi connectivity index (χ3n) is 3.28. The lowest BCUT2D eigenvalue weighted by atomic mass is 10.2. The van der Waals surface area contributed by atoms with Crippen molar-refractivity contribution in [1.82, 2.24) is 15.5 Å². The molecule has 2 amide bonds. The molecule has 2 N–H and O–H groups in total. The molecule has 7 nitrogen and oxygen atoms in total. The minimum atomic E-state index is -0.288. The SMILES string of the molecule is COc1cc(NC(=O)NCCc2noc(C(C)C)n2)ccc1C. The van der Waals surface area contributed by atoms with Gasteiger partial charge in [-0.1, -0.05) is 25.1 Å². The number of rotatable bonds is 6. The Kier molecular flexibility index (Phi) is 5.56. The van der Waals surface area contributed by atoms with Crippen molar-refractivity contribution in [1.29, 1.82) is 0 Å². The van der Waals surface area contributed by atoms with Crippen LogP contribution in [0.25, 0.3) is 0 Å². The first-order valence-corrected chi connectivity index (χ1v) is 7.51. The first-order valence-electron chi connectivity index (χ1n) is 7.51. The van der Waals surface area contributed by atoms with E-state index in [2.05, 4.69) is 20.8 Å². The summed E-state index contributed by atoms with van der Waals surface area (Å²) in [5.74, 6) is 2.13. The molecule has 0 saturated carbocycles. The van der Waals surface area contributed by atoms with Gasteiger partial charge in [0, 0.05) is 30.6 Å². The molecule has 23 heavy (non-hydrogen) atoms. The standard InChI is InChI=1S/C16H22N4O3/c1-10(2)15-19-14(20-23-15)7-8-17-16(21)18-12-6-5-11(3)13(9-12)22-4/h5-6,9-10H,7-8H2,1-4H3,(H2,17,18,21). The van der Waals surface area contributed by atoms with Gasteiger partial charge < -0.3 is 19.9 Å². The van der Waals surface area contributed by atoms with E-state index in [0.29, 0.717) is 30.4 Å². The number of aromatic nitrogens is 2. The Morgan fingerprint density at radius 2 is 2.17 bits per heavy atom. The van der Waals surface area contributed by atoms with Crippen LogP contribution < -0.4 is 15.4 Å². The van der Waals surface area contributed by atoms with Crippen molar-refractivity contribution in [3.8, 4) is 5.75 Å². The van der Waals surface area contributed by atoms with Gasteiger partial charge in [0.2, 0.25) is 5.89 Å². The number of hydrogen-bond acceptors (Lipinski definition) is 5. The molecule has 7 heteroatoms. The third kappa shape index (κ3) is 4.70. The number of benzene rings is 1. The van der Waals surface area contributed by atoms with Crippen LogP contribution in [0.4, 0.5) is 10.5 Å². The molecule has 0 atom stereocenters. The number of methoxy groups -OCH3 is 1. The van der Waals surface area contributed by atoms with Crippen LogP contribution in [0.5, 0.6) is 5.75 Å². The molecule has 1 aromatic carbocycles. The van der Waals surface area contributed by atoms with Gasteiger partial charge in [-0.2, -0.15) is 4.98 Å². The first-order chi connectivity index (χ1) is 11.0. The summed E-state index contributed by atoms with van der Waals surface area (Å²) < 4.78 is 10.3. The van der Waals surface area contributed by atoms with Crippen molar-refractivity contribution in [3.05, 3.63) is 35.5 Å². The molecule has 0 bridgehead atoms. The van der Waals surface area contributed by atoms with Crippen LogP contribution in [0, 0.1) is 6.92 Å². The van der Waals surface area contributed by atoms with Crippen molar-refractivity contribution in [2.45, 2.75) is 33.1 Å². The molecule has 1 heterocycles. The quantitative estimate of drug-likeness (QED) is 0.855. The molecular formula is C16H22N4O3. The zero-order valence-electron chi connectivity index (χ0n) is 13.8. The fourth-order valence-corrected chi connectivity index (χ4v) is 1.96. The molecule has 2 rings (SSSR count). The highest BCUT2D eigenvalue weighted by Crippen LogP contribution is 2.21.